The molecule has 28 heavy (non-hydrogen) atoms. The first-order chi connectivity index (χ1) is 13.5. The van der Waals surface area contributed by atoms with E-state index >= 15 is 0 Å². The van der Waals surface area contributed by atoms with Gasteiger partial charge in [0.05, 0.1) is 9.09 Å². The summed E-state index contributed by atoms with van der Waals surface area (Å²) in [5.41, 5.74) is 0.320. The highest BCUT2D eigenvalue weighted by Gasteiger charge is 2.39. The van der Waals surface area contributed by atoms with E-state index in [-0.39, 0.29) is 11.9 Å². The maximum Gasteiger partial charge on any atom is 0.315 e. The fourth-order valence-corrected chi connectivity index (χ4v) is 5.65. The first kappa shape index (κ1) is 19.4. The molecule has 3 heterocycles. The lowest BCUT2D eigenvalue weighted by Crippen LogP contribution is -2.42. The Hall–Kier alpha value is -1.97. The number of carbonyl (C=O) groups is 2. The van der Waals surface area contributed by atoms with Gasteiger partial charge in [-0.1, -0.05) is 11.8 Å². The quantitative estimate of drug-likeness (QED) is 0.662. The molecule has 3 unspecified atom stereocenters. The van der Waals surface area contributed by atoms with Crippen LogP contribution in [0.1, 0.15) is 28.9 Å². The first-order valence-electron chi connectivity index (χ1n) is 9.01. The van der Waals surface area contributed by atoms with Crippen molar-refractivity contribution in [1.29, 1.82) is 0 Å². The maximum absolute atomic E-state index is 12.5. The van der Waals surface area contributed by atoms with Crippen LogP contribution in [-0.4, -0.2) is 36.4 Å². The molecule has 148 valence electrons. The summed E-state index contributed by atoms with van der Waals surface area (Å²) in [6, 6.07) is 11.5. The lowest BCUT2D eigenvalue weighted by molar-refractivity contribution is -0.126. The van der Waals surface area contributed by atoms with Crippen molar-refractivity contribution in [2.24, 2.45) is 0 Å². The van der Waals surface area contributed by atoms with Crippen molar-refractivity contribution in [3.8, 4) is 0 Å². The van der Waals surface area contributed by atoms with E-state index in [0.717, 1.165) is 21.9 Å². The minimum absolute atomic E-state index is 0.0405. The van der Waals surface area contributed by atoms with Crippen molar-refractivity contribution in [3.05, 3.63) is 41.3 Å². The SMILES string of the molecule is O=C(NC1CC2CCC1N2)c1ccc(Sc2ccc(NC(=O)C(F)F)cc2)s1. The monoisotopic (exact) mass is 423 g/mol. The zero-order chi connectivity index (χ0) is 19.7. The van der Waals surface area contributed by atoms with Gasteiger partial charge in [0, 0.05) is 28.7 Å². The van der Waals surface area contributed by atoms with Gasteiger partial charge >= 0.3 is 6.43 Å². The molecule has 4 rings (SSSR count). The lowest BCUT2D eigenvalue weighted by atomic mass is 9.95. The Morgan fingerprint density at radius 2 is 1.93 bits per heavy atom. The molecular weight excluding hydrogens is 404 g/mol. The number of hydrogen-bond acceptors (Lipinski definition) is 5. The summed E-state index contributed by atoms with van der Waals surface area (Å²) in [6.45, 7) is 0. The molecule has 3 N–H and O–H groups in total. The van der Waals surface area contributed by atoms with Crippen LogP contribution >= 0.6 is 23.1 Å². The average molecular weight is 424 g/mol. The molecule has 2 saturated heterocycles. The number of carbonyl (C=O) groups excluding carboxylic acids is 2. The number of benzene rings is 1. The summed E-state index contributed by atoms with van der Waals surface area (Å²) in [4.78, 5) is 25.1. The molecule has 1 aromatic carbocycles. The maximum atomic E-state index is 12.5. The molecule has 2 fully saturated rings. The Balaban J connectivity index is 1.33. The third-order valence-electron chi connectivity index (χ3n) is 4.96. The highest BCUT2D eigenvalue weighted by molar-refractivity contribution is 8.01. The van der Waals surface area contributed by atoms with Crippen LogP contribution in [0.2, 0.25) is 0 Å². The number of alkyl halides is 2. The minimum Gasteiger partial charge on any atom is -0.347 e. The summed E-state index contributed by atoms with van der Waals surface area (Å²) in [5, 5.41) is 8.79. The Labute approximate surface area is 169 Å². The smallest absolute Gasteiger partial charge is 0.315 e. The number of nitrogens with one attached hydrogen (secondary N) is 3. The molecule has 2 aliphatic heterocycles. The van der Waals surface area contributed by atoms with E-state index in [1.54, 1.807) is 24.3 Å². The van der Waals surface area contributed by atoms with Crippen LogP contribution in [0.4, 0.5) is 14.5 Å². The van der Waals surface area contributed by atoms with Gasteiger partial charge in [0.15, 0.2) is 0 Å². The van der Waals surface area contributed by atoms with Gasteiger partial charge in [0.2, 0.25) is 0 Å². The van der Waals surface area contributed by atoms with Crippen LogP contribution in [0.25, 0.3) is 0 Å². The van der Waals surface area contributed by atoms with Crippen LogP contribution in [0.15, 0.2) is 45.5 Å². The topological polar surface area (TPSA) is 70.2 Å². The van der Waals surface area contributed by atoms with Gasteiger partial charge in [0.1, 0.15) is 0 Å². The second-order valence-corrected chi connectivity index (χ2v) is 9.36. The molecule has 3 atom stereocenters. The standard InChI is InChI=1S/C19H19F2N3O2S2/c20-17(21)19(26)23-10-1-4-12(5-2-10)27-16-8-7-15(28-16)18(25)24-14-9-11-3-6-13(14)22-11/h1-2,4-5,7-8,11,13-14,17,22H,3,6,9H2,(H,23,26)(H,24,25). The highest BCUT2D eigenvalue weighted by atomic mass is 32.2. The van der Waals surface area contributed by atoms with E-state index in [9.17, 15) is 18.4 Å². The molecule has 2 amide bonds. The van der Waals surface area contributed by atoms with Gasteiger partial charge in [-0.15, -0.1) is 11.3 Å². The molecule has 0 saturated carbocycles. The highest BCUT2D eigenvalue weighted by Crippen LogP contribution is 2.34. The number of rotatable bonds is 6. The molecule has 0 spiro atoms. The molecule has 2 aromatic rings. The van der Waals surface area contributed by atoms with Gasteiger partial charge in [-0.25, -0.2) is 0 Å². The second kappa shape index (κ2) is 8.18. The van der Waals surface area contributed by atoms with Gasteiger partial charge in [-0.3, -0.25) is 9.59 Å². The molecule has 1 aromatic heterocycles. The van der Waals surface area contributed by atoms with Gasteiger partial charge in [0.25, 0.3) is 11.8 Å². The van der Waals surface area contributed by atoms with Crippen molar-refractivity contribution in [2.75, 3.05) is 5.32 Å². The van der Waals surface area contributed by atoms with Crippen molar-refractivity contribution in [3.63, 3.8) is 0 Å². The van der Waals surface area contributed by atoms with Crippen LogP contribution in [0.5, 0.6) is 0 Å². The van der Waals surface area contributed by atoms with Crippen molar-refractivity contribution in [1.82, 2.24) is 10.6 Å². The number of anilines is 1. The number of amides is 2. The molecule has 5 nitrogen and oxygen atoms in total. The summed E-state index contributed by atoms with van der Waals surface area (Å²) >= 11 is 2.90. The first-order valence-corrected chi connectivity index (χ1v) is 10.6. The zero-order valence-electron chi connectivity index (χ0n) is 14.8. The van der Waals surface area contributed by atoms with Crippen LogP contribution in [-0.2, 0) is 4.79 Å². The largest absolute Gasteiger partial charge is 0.347 e. The van der Waals surface area contributed by atoms with Gasteiger partial charge < -0.3 is 16.0 Å². The van der Waals surface area contributed by atoms with Crippen molar-refractivity contribution >= 4 is 40.6 Å². The zero-order valence-corrected chi connectivity index (χ0v) is 16.4. The van der Waals surface area contributed by atoms with E-state index in [1.165, 1.54) is 29.5 Å². The summed E-state index contributed by atoms with van der Waals surface area (Å²) in [6.07, 6.45) is 0.272. The minimum atomic E-state index is -3.04. The van der Waals surface area contributed by atoms with Gasteiger partial charge in [-0.05, 0) is 55.7 Å². The Morgan fingerprint density at radius 3 is 2.57 bits per heavy atom. The van der Waals surface area contributed by atoms with Crippen LogP contribution in [0.3, 0.4) is 0 Å². The predicted molar refractivity (Wildman–Crippen MR) is 105 cm³/mol. The number of halogens is 2. The molecule has 0 aliphatic carbocycles. The van der Waals surface area contributed by atoms with Crippen LogP contribution < -0.4 is 16.0 Å². The van der Waals surface area contributed by atoms with E-state index in [0.29, 0.717) is 22.6 Å². The average Bonchev–Trinajstić information content (AvgIpc) is 3.40. The lowest BCUT2D eigenvalue weighted by Gasteiger charge is -2.20. The van der Waals surface area contributed by atoms with Gasteiger partial charge in [-0.2, -0.15) is 8.78 Å². The van der Waals surface area contributed by atoms with E-state index < -0.39 is 12.3 Å². The Bertz CT molecular complexity index is 872. The molecule has 9 heteroatoms. The molecule has 2 bridgehead atoms. The van der Waals surface area contributed by atoms with E-state index in [2.05, 4.69) is 16.0 Å². The molecule has 0 radical (unpaired) electrons. The number of thiophene rings is 1. The van der Waals surface area contributed by atoms with Crippen molar-refractivity contribution in [2.45, 2.75) is 52.9 Å². The van der Waals surface area contributed by atoms with E-state index in [1.807, 2.05) is 12.1 Å². The fourth-order valence-electron chi connectivity index (χ4n) is 3.64. The van der Waals surface area contributed by atoms with E-state index in [4.69, 9.17) is 0 Å². The Kier molecular flexibility index (Phi) is 5.65. The molecule has 2 aliphatic rings. The third-order valence-corrected chi connectivity index (χ3v) is 7.18. The summed E-state index contributed by atoms with van der Waals surface area (Å²) in [7, 11) is 0. The fraction of sp³-hybridized carbons (Fsp3) is 0.368. The summed E-state index contributed by atoms with van der Waals surface area (Å²) < 4.78 is 25.5. The second-order valence-electron chi connectivity index (χ2n) is 6.90. The summed E-state index contributed by atoms with van der Waals surface area (Å²) in [5.74, 6) is -1.36. The molecular formula is C19H19F2N3O2S2. The van der Waals surface area contributed by atoms with Crippen molar-refractivity contribution < 1.29 is 18.4 Å². The number of hydrogen-bond donors (Lipinski definition) is 3. The van der Waals surface area contributed by atoms with Crippen LogP contribution in [0, 0.1) is 0 Å². The third kappa shape index (κ3) is 4.37. The Morgan fingerprint density at radius 1 is 1.14 bits per heavy atom. The number of fused-ring (bicyclic) bond motifs is 2. The normalized spacial score (nSPS) is 23.2. The predicted octanol–water partition coefficient (Wildman–Crippen LogP) is 3.73.